The van der Waals surface area contributed by atoms with Crippen molar-refractivity contribution in [2.75, 3.05) is 18.5 Å². The smallest absolute Gasteiger partial charge is 0.262 e. The second-order valence-electron chi connectivity index (χ2n) is 6.36. The number of ether oxygens (including phenoxy) is 2. The van der Waals surface area contributed by atoms with Crippen LogP contribution >= 0.6 is 0 Å². The molecule has 3 rings (SSSR count). The lowest BCUT2D eigenvalue weighted by Crippen LogP contribution is -2.39. The average molecular weight is 354 g/mol. The lowest BCUT2D eigenvalue weighted by Gasteiger charge is -2.27. The van der Waals surface area contributed by atoms with Crippen LogP contribution in [-0.4, -0.2) is 36.0 Å². The van der Waals surface area contributed by atoms with E-state index < -0.39 is 0 Å². The zero-order chi connectivity index (χ0) is 18.5. The quantitative estimate of drug-likeness (QED) is 0.866. The van der Waals surface area contributed by atoms with Gasteiger partial charge in [-0.25, -0.2) is 0 Å². The highest BCUT2D eigenvalue weighted by atomic mass is 16.5. The number of rotatable bonds is 6. The number of amides is 2. The molecule has 0 saturated carbocycles. The van der Waals surface area contributed by atoms with Crippen molar-refractivity contribution in [2.24, 2.45) is 0 Å². The summed E-state index contributed by atoms with van der Waals surface area (Å²) in [6.07, 6.45) is 0. The molecule has 136 valence electrons. The highest BCUT2D eigenvalue weighted by molar-refractivity contribution is 5.97. The third-order valence-electron chi connectivity index (χ3n) is 4.10. The van der Waals surface area contributed by atoms with Gasteiger partial charge in [0.2, 0.25) is 0 Å². The maximum Gasteiger partial charge on any atom is 0.262 e. The minimum atomic E-state index is -0.243. The SMILES string of the molecule is CC(C)N(Cc1ccccc1)C(=O)COc1cccc2c1NC(=O)CO2. The fraction of sp³-hybridized carbons (Fsp3) is 0.300. The molecule has 0 aromatic heterocycles. The van der Waals surface area contributed by atoms with Crippen LogP contribution in [-0.2, 0) is 16.1 Å². The van der Waals surface area contributed by atoms with Crippen LogP contribution in [0.15, 0.2) is 48.5 Å². The average Bonchev–Trinajstić information content (AvgIpc) is 2.64. The van der Waals surface area contributed by atoms with Crippen LogP contribution in [0.5, 0.6) is 11.5 Å². The van der Waals surface area contributed by atoms with Gasteiger partial charge in [-0.3, -0.25) is 9.59 Å². The van der Waals surface area contributed by atoms with Crippen molar-refractivity contribution in [3.63, 3.8) is 0 Å². The molecular formula is C20H22N2O4. The molecule has 0 aliphatic carbocycles. The maximum absolute atomic E-state index is 12.7. The summed E-state index contributed by atoms with van der Waals surface area (Å²) < 4.78 is 11.1. The molecule has 1 N–H and O–H groups in total. The Morgan fingerprint density at radius 3 is 2.69 bits per heavy atom. The van der Waals surface area contributed by atoms with E-state index in [1.807, 2.05) is 44.2 Å². The van der Waals surface area contributed by atoms with Gasteiger partial charge in [-0.05, 0) is 31.5 Å². The second-order valence-corrected chi connectivity index (χ2v) is 6.36. The summed E-state index contributed by atoms with van der Waals surface area (Å²) in [5.74, 6) is 0.601. The Morgan fingerprint density at radius 1 is 1.19 bits per heavy atom. The molecular weight excluding hydrogens is 332 g/mol. The zero-order valence-corrected chi connectivity index (χ0v) is 14.9. The van der Waals surface area contributed by atoms with Crippen molar-refractivity contribution < 1.29 is 19.1 Å². The minimum Gasteiger partial charge on any atom is -0.481 e. The first-order valence-corrected chi connectivity index (χ1v) is 8.56. The lowest BCUT2D eigenvalue weighted by molar-refractivity contribution is -0.135. The van der Waals surface area contributed by atoms with Gasteiger partial charge < -0.3 is 19.7 Å². The number of carbonyl (C=O) groups is 2. The van der Waals surface area contributed by atoms with E-state index in [0.717, 1.165) is 5.56 Å². The van der Waals surface area contributed by atoms with E-state index in [0.29, 0.717) is 23.7 Å². The molecule has 2 aromatic rings. The molecule has 26 heavy (non-hydrogen) atoms. The summed E-state index contributed by atoms with van der Waals surface area (Å²) in [6.45, 7) is 4.33. The van der Waals surface area contributed by atoms with Crippen LogP contribution in [0.1, 0.15) is 19.4 Å². The van der Waals surface area contributed by atoms with Crippen molar-refractivity contribution in [2.45, 2.75) is 26.4 Å². The van der Waals surface area contributed by atoms with Crippen LogP contribution in [0.3, 0.4) is 0 Å². The highest BCUT2D eigenvalue weighted by Crippen LogP contribution is 2.36. The lowest BCUT2D eigenvalue weighted by atomic mass is 10.2. The predicted molar refractivity (Wildman–Crippen MR) is 98.2 cm³/mol. The molecule has 1 aliphatic heterocycles. The summed E-state index contributed by atoms with van der Waals surface area (Å²) in [7, 11) is 0. The first-order valence-electron chi connectivity index (χ1n) is 8.56. The molecule has 6 nitrogen and oxygen atoms in total. The first kappa shape index (κ1) is 17.8. The number of anilines is 1. The van der Waals surface area contributed by atoms with E-state index in [2.05, 4.69) is 5.32 Å². The summed E-state index contributed by atoms with van der Waals surface area (Å²) in [5.41, 5.74) is 1.53. The number of fused-ring (bicyclic) bond motifs is 1. The van der Waals surface area contributed by atoms with Crippen LogP contribution in [0, 0.1) is 0 Å². The van der Waals surface area contributed by atoms with Crippen molar-refractivity contribution in [1.82, 2.24) is 4.90 Å². The molecule has 0 spiro atoms. The number of nitrogens with one attached hydrogen (secondary N) is 1. The van der Waals surface area contributed by atoms with E-state index in [9.17, 15) is 9.59 Å². The summed E-state index contributed by atoms with van der Waals surface area (Å²) in [5, 5.41) is 2.73. The monoisotopic (exact) mass is 354 g/mol. The molecule has 6 heteroatoms. The predicted octanol–water partition coefficient (Wildman–Crippen LogP) is 2.83. The Labute approximate surface area is 152 Å². The van der Waals surface area contributed by atoms with E-state index in [1.165, 1.54) is 0 Å². The van der Waals surface area contributed by atoms with Crippen LogP contribution in [0.2, 0.25) is 0 Å². The Kier molecular flexibility index (Phi) is 5.41. The Bertz CT molecular complexity index is 790. The molecule has 2 amide bonds. The van der Waals surface area contributed by atoms with E-state index in [1.54, 1.807) is 23.1 Å². The third kappa shape index (κ3) is 4.14. The van der Waals surface area contributed by atoms with Gasteiger partial charge in [-0.15, -0.1) is 0 Å². The van der Waals surface area contributed by atoms with Gasteiger partial charge in [0.15, 0.2) is 13.2 Å². The molecule has 0 fully saturated rings. The van der Waals surface area contributed by atoms with Crippen molar-refractivity contribution in [3.8, 4) is 11.5 Å². The molecule has 0 saturated heterocycles. The fourth-order valence-corrected chi connectivity index (χ4v) is 2.75. The van der Waals surface area contributed by atoms with Gasteiger partial charge in [0.05, 0.1) is 0 Å². The molecule has 0 unspecified atom stereocenters. The van der Waals surface area contributed by atoms with E-state index in [4.69, 9.17) is 9.47 Å². The number of nitrogens with zero attached hydrogens (tertiary/aromatic N) is 1. The summed E-state index contributed by atoms with van der Waals surface area (Å²) in [6, 6.07) is 15.1. The van der Waals surface area contributed by atoms with Gasteiger partial charge in [-0.1, -0.05) is 36.4 Å². The number of para-hydroxylation sites is 1. The van der Waals surface area contributed by atoms with Gasteiger partial charge in [0, 0.05) is 12.6 Å². The Balaban J connectivity index is 1.68. The first-order chi connectivity index (χ1) is 12.5. The maximum atomic E-state index is 12.7. The second kappa shape index (κ2) is 7.91. The normalized spacial score (nSPS) is 12.8. The molecule has 0 atom stereocenters. The number of hydrogen-bond donors (Lipinski definition) is 1. The standard InChI is InChI=1S/C20H22N2O4/c1-14(2)22(11-15-7-4-3-5-8-15)19(24)13-26-17-10-6-9-16-20(17)21-18(23)12-25-16/h3-10,14H,11-13H2,1-2H3,(H,21,23). The molecule has 0 radical (unpaired) electrons. The van der Waals surface area contributed by atoms with Gasteiger partial charge in [0.1, 0.15) is 17.2 Å². The summed E-state index contributed by atoms with van der Waals surface area (Å²) >= 11 is 0. The number of carbonyl (C=O) groups excluding carboxylic acids is 2. The molecule has 0 bridgehead atoms. The van der Waals surface area contributed by atoms with Crippen LogP contribution < -0.4 is 14.8 Å². The Hall–Kier alpha value is -3.02. The van der Waals surface area contributed by atoms with Crippen molar-refractivity contribution in [3.05, 3.63) is 54.1 Å². The Morgan fingerprint density at radius 2 is 1.96 bits per heavy atom. The van der Waals surface area contributed by atoms with Crippen LogP contribution in [0.4, 0.5) is 5.69 Å². The molecule has 1 aliphatic rings. The van der Waals surface area contributed by atoms with Crippen LogP contribution in [0.25, 0.3) is 0 Å². The van der Waals surface area contributed by atoms with E-state index >= 15 is 0 Å². The molecule has 2 aromatic carbocycles. The van der Waals surface area contributed by atoms with E-state index in [-0.39, 0.29) is 31.1 Å². The number of hydrogen-bond acceptors (Lipinski definition) is 4. The topological polar surface area (TPSA) is 67.9 Å². The molecule has 1 heterocycles. The van der Waals surface area contributed by atoms with Gasteiger partial charge in [0.25, 0.3) is 11.8 Å². The number of benzene rings is 2. The minimum absolute atomic E-state index is 0.0203. The van der Waals surface area contributed by atoms with Gasteiger partial charge >= 0.3 is 0 Å². The highest BCUT2D eigenvalue weighted by Gasteiger charge is 2.22. The largest absolute Gasteiger partial charge is 0.481 e. The van der Waals surface area contributed by atoms with Gasteiger partial charge in [-0.2, -0.15) is 0 Å². The van der Waals surface area contributed by atoms with Crippen molar-refractivity contribution in [1.29, 1.82) is 0 Å². The third-order valence-corrected chi connectivity index (χ3v) is 4.10. The fourth-order valence-electron chi connectivity index (χ4n) is 2.75. The van der Waals surface area contributed by atoms with Crippen molar-refractivity contribution >= 4 is 17.5 Å². The zero-order valence-electron chi connectivity index (χ0n) is 14.9. The summed E-state index contributed by atoms with van der Waals surface area (Å²) in [4.78, 5) is 26.0.